The van der Waals surface area contributed by atoms with Crippen LogP contribution >= 0.6 is 11.3 Å². The summed E-state index contributed by atoms with van der Waals surface area (Å²) in [5.74, 6) is 0.518. The molecule has 0 aliphatic heterocycles. The van der Waals surface area contributed by atoms with Gasteiger partial charge in [0.25, 0.3) is 0 Å². The number of fused-ring (bicyclic) bond motifs is 1. The minimum atomic E-state index is -0.169. The topological polar surface area (TPSA) is 35.2 Å². The third kappa shape index (κ3) is 2.73. The van der Waals surface area contributed by atoms with Gasteiger partial charge in [-0.3, -0.25) is 0 Å². The van der Waals surface area contributed by atoms with Gasteiger partial charge >= 0.3 is 0 Å². The molecule has 0 unspecified atom stereocenters. The van der Waals surface area contributed by atoms with Gasteiger partial charge in [-0.2, -0.15) is 0 Å². The predicted octanol–water partition coefficient (Wildman–Crippen LogP) is 4.21. The van der Waals surface area contributed by atoms with Crippen LogP contribution in [0.4, 0.5) is 4.39 Å². The second kappa shape index (κ2) is 6.20. The van der Waals surface area contributed by atoms with Crippen molar-refractivity contribution in [2.24, 2.45) is 11.7 Å². The van der Waals surface area contributed by atoms with Crippen LogP contribution < -0.4 is 5.73 Å². The van der Waals surface area contributed by atoms with Gasteiger partial charge in [0.15, 0.2) is 0 Å². The lowest BCUT2D eigenvalue weighted by Crippen LogP contribution is -2.07. The highest BCUT2D eigenvalue weighted by molar-refractivity contribution is 7.19. The largest absolute Gasteiger partial charge is 0.376 e. The van der Waals surface area contributed by atoms with Gasteiger partial charge in [-0.1, -0.05) is 18.9 Å². The number of hydrogen-bond donors (Lipinski definition) is 1. The van der Waals surface area contributed by atoms with Gasteiger partial charge in [-0.25, -0.2) is 4.39 Å². The SMILES string of the molecule is NCc1sc2cccc(F)c2c1COCC1CCCC1. The molecule has 1 heterocycles. The molecule has 2 N–H and O–H groups in total. The van der Waals surface area contributed by atoms with Crippen LogP contribution in [0.5, 0.6) is 0 Å². The zero-order chi connectivity index (χ0) is 13.9. The van der Waals surface area contributed by atoms with Gasteiger partial charge < -0.3 is 10.5 Å². The van der Waals surface area contributed by atoms with Gasteiger partial charge in [0.05, 0.1) is 6.61 Å². The Morgan fingerprint density at radius 1 is 1.30 bits per heavy atom. The van der Waals surface area contributed by atoms with E-state index in [0.29, 0.717) is 24.5 Å². The molecule has 1 saturated carbocycles. The van der Waals surface area contributed by atoms with E-state index in [-0.39, 0.29) is 5.82 Å². The summed E-state index contributed by atoms with van der Waals surface area (Å²) >= 11 is 1.58. The lowest BCUT2D eigenvalue weighted by atomic mass is 10.1. The molecule has 0 radical (unpaired) electrons. The molecule has 1 aliphatic rings. The first-order valence-corrected chi connectivity index (χ1v) is 8.08. The van der Waals surface area contributed by atoms with E-state index in [0.717, 1.165) is 21.7 Å². The number of nitrogens with two attached hydrogens (primary N) is 1. The molecule has 1 fully saturated rings. The van der Waals surface area contributed by atoms with Gasteiger partial charge in [0, 0.05) is 33.7 Å². The van der Waals surface area contributed by atoms with E-state index < -0.39 is 0 Å². The Labute approximate surface area is 122 Å². The van der Waals surface area contributed by atoms with Crippen LogP contribution in [0, 0.1) is 11.7 Å². The molecule has 0 amide bonds. The Hall–Kier alpha value is -0.970. The highest BCUT2D eigenvalue weighted by atomic mass is 32.1. The first-order valence-electron chi connectivity index (χ1n) is 7.26. The average molecular weight is 293 g/mol. The summed E-state index contributed by atoms with van der Waals surface area (Å²) in [6, 6.07) is 5.20. The van der Waals surface area contributed by atoms with Crippen LogP contribution in [0.25, 0.3) is 10.1 Å². The monoisotopic (exact) mass is 293 g/mol. The number of hydrogen-bond acceptors (Lipinski definition) is 3. The van der Waals surface area contributed by atoms with Gasteiger partial charge in [0.1, 0.15) is 5.82 Å². The maximum atomic E-state index is 14.0. The number of rotatable bonds is 5. The molecule has 1 aliphatic carbocycles. The summed E-state index contributed by atoms with van der Waals surface area (Å²) in [6.07, 6.45) is 5.17. The Bertz CT molecular complexity index is 589. The molecule has 2 aromatic rings. The molecule has 0 saturated heterocycles. The molecule has 1 aromatic carbocycles. The Morgan fingerprint density at radius 2 is 2.10 bits per heavy atom. The summed E-state index contributed by atoms with van der Waals surface area (Å²) in [6.45, 7) is 1.71. The van der Waals surface area contributed by atoms with Crippen LogP contribution in [-0.2, 0) is 17.9 Å². The molecular weight excluding hydrogens is 273 g/mol. The van der Waals surface area contributed by atoms with E-state index in [2.05, 4.69) is 0 Å². The van der Waals surface area contributed by atoms with Crippen molar-refractivity contribution in [3.63, 3.8) is 0 Å². The van der Waals surface area contributed by atoms with E-state index in [4.69, 9.17) is 10.5 Å². The number of halogens is 1. The molecule has 4 heteroatoms. The van der Waals surface area contributed by atoms with E-state index in [1.54, 1.807) is 17.4 Å². The lowest BCUT2D eigenvalue weighted by Gasteiger charge is -2.10. The van der Waals surface area contributed by atoms with Crippen molar-refractivity contribution in [3.05, 3.63) is 34.5 Å². The average Bonchev–Trinajstić information content (AvgIpc) is 3.07. The Balaban J connectivity index is 1.78. The molecule has 3 rings (SSSR count). The number of thiophene rings is 1. The number of benzene rings is 1. The molecule has 1 aromatic heterocycles. The van der Waals surface area contributed by atoms with E-state index >= 15 is 0 Å². The first kappa shape index (κ1) is 14.0. The smallest absolute Gasteiger partial charge is 0.132 e. The van der Waals surface area contributed by atoms with E-state index in [9.17, 15) is 4.39 Å². The Kier molecular flexibility index (Phi) is 4.34. The zero-order valence-electron chi connectivity index (χ0n) is 11.5. The van der Waals surface area contributed by atoms with Crippen LogP contribution in [0.1, 0.15) is 36.1 Å². The van der Waals surface area contributed by atoms with Gasteiger partial charge in [0.2, 0.25) is 0 Å². The minimum absolute atomic E-state index is 0.169. The highest BCUT2D eigenvalue weighted by Gasteiger charge is 2.17. The van der Waals surface area contributed by atoms with Crippen molar-refractivity contribution in [3.8, 4) is 0 Å². The summed E-state index contributed by atoms with van der Waals surface area (Å²) in [5, 5.41) is 0.698. The van der Waals surface area contributed by atoms with Crippen LogP contribution in [0.3, 0.4) is 0 Å². The quantitative estimate of drug-likeness (QED) is 0.896. The van der Waals surface area contributed by atoms with Crippen molar-refractivity contribution in [1.29, 1.82) is 0 Å². The van der Waals surface area contributed by atoms with Crippen molar-refractivity contribution >= 4 is 21.4 Å². The van der Waals surface area contributed by atoms with Gasteiger partial charge in [-0.15, -0.1) is 11.3 Å². The maximum absolute atomic E-state index is 14.0. The molecular formula is C16H20FNOS. The summed E-state index contributed by atoms with van der Waals surface area (Å²) in [4.78, 5) is 1.04. The summed E-state index contributed by atoms with van der Waals surface area (Å²) in [5.41, 5.74) is 6.74. The molecule has 0 spiro atoms. The minimum Gasteiger partial charge on any atom is -0.376 e. The fourth-order valence-corrected chi connectivity index (χ4v) is 4.14. The van der Waals surface area contributed by atoms with E-state index in [1.807, 2.05) is 6.07 Å². The fourth-order valence-electron chi connectivity index (χ4n) is 3.04. The van der Waals surface area contributed by atoms with Crippen molar-refractivity contribution in [2.75, 3.05) is 6.61 Å². The number of ether oxygens (including phenoxy) is 1. The molecule has 2 nitrogen and oxygen atoms in total. The lowest BCUT2D eigenvalue weighted by molar-refractivity contribution is 0.0893. The zero-order valence-corrected chi connectivity index (χ0v) is 12.3. The van der Waals surface area contributed by atoms with Crippen LogP contribution in [0.15, 0.2) is 18.2 Å². The molecule has 0 atom stereocenters. The second-order valence-electron chi connectivity index (χ2n) is 5.49. The van der Waals surface area contributed by atoms with Crippen LogP contribution in [0.2, 0.25) is 0 Å². The van der Waals surface area contributed by atoms with Crippen molar-refractivity contribution in [2.45, 2.75) is 38.8 Å². The first-order chi connectivity index (χ1) is 9.79. The van der Waals surface area contributed by atoms with Crippen molar-refractivity contribution in [1.82, 2.24) is 0 Å². The Morgan fingerprint density at radius 3 is 2.85 bits per heavy atom. The molecule has 20 heavy (non-hydrogen) atoms. The predicted molar refractivity (Wildman–Crippen MR) is 81.3 cm³/mol. The van der Waals surface area contributed by atoms with Crippen molar-refractivity contribution < 1.29 is 9.13 Å². The maximum Gasteiger partial charge on any atom is 0.132 e. The third-order valence-corrected chi connectivity index (χ3v) is 5.33. The molecule has 108 valence electrons. The molecule has 0 bridgehead atoms. The normalized spacial score (nSPS) is 16.3. The van der Waals surface area contributed by atoms with E-state index in [1.165, 1.54) is 31.7 Å². The standard InChI is InChI=1S/C16H20FNOS/c17-13-6-3-7-14-16(13)12(15(8-18)20-14)10-19-9-11-4-1-2-5-11/h3,6-7,11H,1-2,4-5,8-10,18H2. The van der Waals surface area contributed by atoms with Crippen LogP contribution in [-0.4, -0.2) is 6.61 Å². The summed E-state index contributed by atoms with van der Waals surface area (Å²) in [7, 11) is 0. The highest BCUT2D eigenvalue weighted by Crippen LogP contribution is 2.34. The second-order valence-corrected chi connectivity index (χ2v) is 6.62. The third-order valence-electron chi connectivity index (χ3n) is 4.11. The van der Waals surface area contributed by atoms with Gasteiger partial charge in [-0.05, 0) is 30.9 Å². The summed E-state index contributed by atoms with van der Waals surface area (Å²) < 4.78 is 20.8. The fraction of sp³-hybridized carbons (Fsp3) is 0.500.